The molecule has 1 aliphatic heterocycles. The smallest absolute Gasteiger partial charge is 0.336 e. The van der Waals surface area contributed by atoms with Crippen molar-refractivity contribution in [2.24, 2.45) is 5.84 Å². The molecule has 2 aromatic carbocycles. The molecule has 2 aliphatic rings. The molecule has 2 amide bonds. The molecule has 0 bridgehead atoms. The fourth-order valence-electron chi connectivity index (χ4n) is 6.45. The van der Waals surface area contributed by atoms with Crippen LogP contribution >= 0.6 is 0 Å². The Kier molecular flexibility index (Phi) is 14.8. The first kappa shape index (κ1) is 47.6. The third kappa shape index (κ3) is 12.0. The number of nitrogen functional groups attached to an aromatic ring is 1. The molecule has 0 aromatic heterocycles. The van der Waals surface area contributed by atoms with E-state index in [9.17, 15) is 62.3 Å². The number of aromatic carboxylic acids is 1. The van der Waals surface area contributed by atoms with Crippen LogP contribution in [0.5, 0.6) is 0 Å². The molecule has 60 heavy (non-hydrogen) atoms. The first-order chi connectivity index (χ1) is 27.7. The number of hydrazine groups is 1. The van der Waals surface area contributed by atoms with Crippen LogP contribution in [0.25, 0.3) is 33.4 Å². The van der Waals surface area contributed by atoms with Crippen LogP contribution in [0.1, 0.15) is 52.8 Å². The number of anilines is 1. The molecule has 27 heteroatoms. The molecule has 2 aromatic rings. The lowest BCUT2D eigenvalue weighted by Crippen LogP contribution is -2.49. The van der Waals surface area contributed by atoms with E-state index in [0.29, 0.717) is 6.42 Å². The predicted octanol–water partition coefficient (Wildman–Crippen LogP) is 0.574. The Morgan fingerprint density at radius 2 is 1.33 bits per heavy atom. The molecule has 4 rings (SSSR count). The number of hydrogen-bond acceptors (Lipinski definition) is 16. The van der Waals surface area contributed by atoms with Crippen LogP contribution in [0.3, 0.4) is 0 Å². The quantitative estimate of drug-likeness (QED) is 0.0110. The molecule has 0 radical (unpaired) electrons. The minimum atomic E-state index is -5.28. The summed E-state index contributed by atoms with van der Waals surface area (Å²) in [6.45, 7) is 0.500. The molecule has 1 unspecified atom stereocenters. The first-order valence-corrected chi connectivity index (χ1v) is 23.5. The number of hydrogen-bond donors (Lipinski definition) is 10. The van der Waals surface area contributed by atoms with Gasteiger partial charge in [0.15, 0.2) is 21.1 Å². The van der Waals surface area contributed by atoms with Gasteiger partial charge >= 0.3 is 5.97 Å². The Morgan fingerprint density at radius 3 is 1.87 bits per heavy atom. The van der Waals surface area contributed by atoms with Gasteiger partial charge in [-0.05, 0) is 93.7 Å². The second kappa shape index (κ2) is 18.7. The molecule has 12 N–H and O–H groups in total. The van der Waals surface area contributed by atoms with Crippen molar-refractivity contribution in [3.05, 3.63) is 58.9 Å². The third-order valence-corrected chi connectivity index (χ3v) is 12.5. The van der Waals surface area contributed by atoms with Gasteiger partial charge in [-0.3, -0.25) is 38.6 Å². The van der Waals surface area contributed by atoms with E-state index in [0.717, 1.165) is 36.4 Å². The number of fused-ring (bicyclic) bond motifs is 2. The van der Waals surface area contributed by atoms with Crippen molar-refractivity contribution < 1.29 is 75.8 Å². The number of carboxylic acid groups (broad SMARTS) is 1. The summed E-state index contributed by atoms with van der Waals surface area (Å²) in [6, 6.07) is 6.11. The largest absolute Gasteiger partial charge is 0.478 e. The standard InChI is InChI=1S/C33H40N6O17S4/c34-23-10-8-20-26(21-9-11-24(35)30(60(53,54)55)28(21)56-27(20)29(23)59(50,51)52)19-7-6-18(17-22(19)33(42)43)31(40)37-25(32(41)38-36)5-1-2-12-39(13-3-15-57(44,45)46)14-4-16-58(47,48)49/h6-11,17,25,34H,1-5,12-16,35-36H2,(H,37,40)(H,38,41)(H,42,43)(H,44,45,46)(H,47,48,49)(H,50,51,52)(H,53,54,55). The lowest BCUT2D eigenvalue weighted by atomic mass is 9.89. The molecular weight excluding hydrogens is 881 g/mol. The van der Waals surface area contributed by atoms with Crippen molar-refractivity contribution in [3.8, 4) is 22.5 Å². The van der Waals surface area contributed by atoms with Gasteiger partial charge in [0.25, 0.3) is 52.3 Å². The van der Waals surface area contributed by atoms with E-state index in [4.69, 9.17) is 30.5 Å². The van der Waals surface area contributed by atoms with E-state index in [1.165, 1.54) is 6.07 Å². The minimum Gasteiger partial charge on any atom is -0.478 e. The molecule has 1 aliphatic carbocycles. The van der Waals surface area contributed by atoms with Crippen LogP contribution in [0.2, 0.25) is 0 Å². The highest BCUT2D eigenvalue weighted by Crippen LogP contribution is 2.45. The molecule has 0 saturated heterocycles. The third-order valence-electron chi connectivity index (χ3n) is 9.03. The molecular formula is C33H40N6O17S4. The Bertz CT molecular complexity index is 2770. The molecule has 0 spiro atoms. The van der Waals surface area contributed by atoms with Crippen molar-refractivity contribution in [2.45, 2.75) is 47.9 Å². The fourth-order valence-corrected chi connectivity index (χ4v) is 8.92. The first-order valence-electron chi connectivity index (χ1n) is 17.4. The highest BCUT2D eigenvalue weighted by atomic mass is 32.2. The van der Waals surface area contributed by atoms with Gasteiger partial charge in [0, 0.05) is 22.1 Å². The van der Waals surface area contributed by atoms with E-state index in [-0.39, 0.29) is 73.0 Å². The number of nitrogens with two attached hydrogens (primary N) is 2. The number of carbonyl (C=O) groups excluding carboxylic acids is 2. The zero-order valence-electron chi connectivity index (χ0n) is 31.1. The van der Waals surface area contributed by atoms with Crippen molar-refractivity contribution in [1.29, 1.82) is 5.41 Å². The summed E-state index contributed by atoms with van der Waals surface area (Å²) < 4.78 is 138. The van der Waals surface area contributed by atoms with Crippen LogP contribution < -0.4 is 27.7 Å². The van der Waals surface area contributed by atoms with Gasteiger partial charge in [-0.1, -0.05) is 6.07 Å². The van der Waals surface area contributed by atoms with Crippen molar-refractivity contribution in [3.63, 3.8) is 0 Å². The van der Waals surface area contributed by atoms with E-state index >= 15 is 0 Å². The number of carboxylic acids is 1. The van der Waals surface area contributed by atoms with Gasteiger partial charge in [0.05, 0.1) is 28.1 Å². The number of unbranched alkanes of at least 4 members (excludes halogenated alkanes) is 1. The van der Waals surface area contributed by atoms with Gasteiger partial charge in [-0.2, -0.15) is 33.7 Å². The number of nitrogens with zero attached hydrogens (tertiary/aromatic N) is 1. The summed E-state index contributed by atoms with van der Waals surface area (Å²) in [7, 11) is -19.0. The van der Waals surface area contributed by atoms with E-state index in [2.05, 4.69) is 5.32 Å². The summed E-state index contributed by atoms with van der Waals surface area (Å²) in [4.78, 5) is 38.6. The number of benzene rings is 3. The maximum atomic E-state index is 13.5. The maximum absolute atomic E-state index is 13.5. The Labute approximate surface area is 342 Å². The molecule has 0 saturated carbocycles. The Morgan fingerprint density at radius 1 is 0.767 bits per heavy atom. The van der Waals surface area contributed by atoms with Crippen LogP contribution in [-0.2, 0) is 45.3 Å². The molecule has 1 atom stereocenters. The lowest BCUT2D eigenvalue weighted by Gasteiger charge is -2.23. The van der Waals surface area contributed by atoms with Gasteiger partial charge < -0.3 is 25.5 Å². The summed E-state index contributed by atoms with van der Waals surface area (Å²) in [6.07, 6.45) is 0.504. The zero-order chi connectivity index (χ0) is 45.0. The van der Waals surface area contributed by atoms with Crippen LogP contribution in [0.15, 0.2) is 56.7 Å². The summed E-state index contributed by atoms with van der Waals surface area (Å²) in [5.41, 5.74) is 4.69. The fraction of sp³-hybridized carbons (Fsp3) is 0.333. The highest BCUT2D eigenvalue weighted by Gasteiger charge is 2.32. The van der Waals surface area contributed by atoms with E-state index in [1.807, 2.05) is 5.43 Å². The lowest BCUT2D eigenvalue weighted by molar-refractivity contribution is -0.123. The van der Waals surface area contributed by atoms with Crippen molar-refractivity contribution in [1.82, 2.24) is 15.6 Å². The minimum absolute atomic E-state index is 0.0000972. The summed E-state index contributed by atoms with van der Waals surface area (Å²) in [5.74, 6) is -0.0601. The predicted molar refractivity (Wildman–Crippen MR) is 211 cm³/mol. The monoisotopic (exact) mass is 920 g/mol. The molecule has 328 valence electrons. The second-order valence-corrected chi connectivity index (χ2v) is 19.2. The summed E-state index contributed by atoms with van der Waals surface area (Å²) in [5, 5.41) is 19.9. The average Bonchev–Trinajstić information content (AvgIpc) is 3.11. The van der Waals surface area contributed by atoms with Crippen molar-refractivity contribution in [2.75, 3.05) is 36.9 Å². The molecule has 1 heterocycles. The SMILES string of the molecule is N=c1ccc2c(-c3ccc(C(=O)NC(CCCCN(CCCS(=O)(=O)O)CCCS(=O)(=O)O)C(=O)NN)cc3C(=O)O)c3ccc(N)c(S(=O)(=O)O)c3oc-2c1S(=O)(=O)O. The van der Waals surface area contributed by atoms with E-state index < -0.39 is 114 Å². The second-order valence-electron chi connectivity index (χ2n) is 13.3. The van der Waals surface area contributed by atoms with Gasteiger partial charge in [0.2, 0.25) is 0 Å². The number of nitrogens with one attached hydrogen (secondary N) is 3. The average molecular weight is 921 g/mol. The number of rotatable bonds is 20. The summed E-state index contributed by atoms with van der Waals surface area (Å²) >= 11 is 0. The Balaban J connectivity index is 1.69. The van der Waals surface area contributed by atoms with Gasteiger partial charge in [-0.15, -0.1) is 0 Å². The number of carbonyl (C=O) groups is 3. The highest BCUT2D eigenvalue weighted by molar-refractivity contribution is 7.86. The topological polar surface area (TPSA) is 405 Å². The molecule has 0 fully saturated rings. The van der Waals surface area contributed by atoms with E-state index in [1.54, 1.807) is 4.90 Å². The van der Waals surface area contributed by atoms with Crippen LogP contribution in [0.4, 0.5) is 5.69 Å². The zero-order valence-corrected chi connectivity index (χ0v) is 34.3. The number of amides is 2. The van der Waals surface area contributed by atoms with Gasteiger partial charge in [0.1, 0.15) is 6.04 Å². The maximum Gasteiger partial charge on any atom is 0.336 e. The van der Waals surface area contributed by atoms with Crippen LogP contribution in [0, 0.1) is 5.41 Å². The van der Waals surface area contributed by atoms with Gasteiger partial charge in [-0.25, -0.2) is 10.6 Å². The van der Waals surface area contributed by atoms with Crippen molar-refractivity contribution >= 4 is 74.9 Å². The van der Waals surface area contributed by atoms with Crippen LogP contribution in [-0.4, -0.2) is 117 Å². The molecule has 23 nitrogen and oxygen atoms in total. The Hall–Kier alpha value is -5.10. The normalized spacial score (nSPS) is 13.1.